The summed E-state index contributed by atoms with van der Waals surface area (Å²) in [4.78, 5) is 21.5. The van der Waals surface area contributed by atoms with Crippen molar-refractivity contribution in [3.63, 3.8) is 0 Å². The highest BCUT2D eigenvalue weighted by atomic mass is 35.5. The molecule has 27 heavy (non-hydrogen) atoms. The number of imidazole rings is 1. The second kappa shape index (κ2) is 6.81. The lowest BCUT2D eigenvalue weighted by Crippen LogP contribution is -2.12. The Bertz CT molecular complexity index is 1150. The normalized spacial score (nSPS) is 10.9. The third-order valence-electron chi connectivity index (χ3n) is 4.14. The largest absolute Gasteiger partial charge is 0.322 e. The Hall–Kier alpha value is -3.25. The molecular weight excluding hydrogens is 367 g/mol. The molecular formula is C20H14ClFN4O. The summed E-state index contributed by atoms with van der Waals surface area (Å²) in [5.41, 5.74) is 2.93. The first-order valence-corrected chi connectivity index (χ1v) is 8.57. The van der Waals surface area contributed by atoms with Crippen LogP contribution in [0.4, 0.5) is 10.1 Å². The maximum atomic E-state index is 13.0. The molecule has 0 radical (unpaired) electrons. The van der Waals surface area contributed by atoms with Gasteiger partial charge in [-0.2, -0.15) is 0 Å². The molecule has 0 aliphatic heterocycles. The van der Waals surface area contributed by atoms with Gasteiger partial charge in [0.05, 0.1) is 10.7 Å². The first kappa shape index (κ1) is 17.2. The predicted molar refractivity (Wildman–Crippen MR) is 103 cm³/mol. The molecule has 1 N–H and O–H groups in total. The molecule has 0 aliphatic rings. The van der Waals surface area contributed by atoms with E-state index < -0.39 is 0 Å². The monoisotopic (exact) mass is 380 g/mol. The molecule has 2 heterocycles. The van der Waals surface area contributed by atoms with Crippen LogP contribution >= 0.6 is 11.6 Å². The molecule has 7 heteroatoms. The lowest BCUT2D eigenvalue weighted by molar-refractivity contribution is 0.102. The number of anilines is 1. The van der Waals surface area contributed by atoms with Gasteiger partial charge in [0, 0.05) is 17.4 Å². The van der Waals surface area contributed by atoms with E-state index in [9.17, 15) is 9.18 Å². The quantitative estimate of drug-likeness (QED) is 0.556. The average molecular weight is 381 g/mol. The van der Waals surface area contributed by atoms with Crippen molar-refractivity contribution in [1.82, 2.24) is 14.5 Å². The van der Waals surface area contributed by atoms with Crippen LogP contribution in [0.3, 0.4) is 0 Å². The highest BCUT2D eigenvalue weighted by Crippen LogP contribution is 2.27. The van der Waals surface area contributed by atoms with Crippen LogP contribution in [0.5, 0.6) is 0 Å². The molecule has 2 aromatic heterocycles. The zero-order chi connectivity index (χ0) is 19.0. The smallest absolute Gasteiger partial charge is 0.255 e. The Morgan fingerprint density at radius 2 is 1.93 bits per heavy atom. The number of fused-ring (bicyclic) bond motifs is 1. The van der Waals surface area contributed by atoms with Gasteiger partial charge >= 0.3 is 0 Å². The summed E-state index contributed by atoms with van der Waals surface area (Å²) in [6.07, 6.45) is 1.68. The van der Waals surface area contributed by atoms with Gasteiger partial charge in [-0.25, -0.2) is 14.4 Å². The summed E-state index contributed by atoms with van der Waals surface area (Å²) in [5.74, 6) is 0.0213. The van der Waals surface area contributed by atoms with Crippen LogP contribution in [-0.2, 0) is 0 Å². The van der Waals surface area contributed by atoms with Crippen molar-refractivity contribution < 1.29 is 9.18 Å². The number of hydrogen-bond donors (Lipinski definition) is 1. The van der Waals surface area contributed by atoms with Crippen LogP contribution in [0.2, 0.25) is 5.02 Å². The van der Waals surface area contributed by atoms with E-state index in [-0.39, 0.29) is 11.7 Å². The minimum Gasteiger partial charge on any atom is -0.322 e. The van der Waals surface area contributed by atoms with Crippen molar-refractivity contribution >= 4 is 34.4 Å². The molecule has 1 amide bonds. The average Bonchev–Trinajstić information content (AvgIpc) is 2.99. The van der Waals surface area contributed by atoms with E-state index >= 15 is 0 Å². The number of hydrogen-bond acceptors (Lipinski definition) is 3. The number of aromatic nitrogens is 3. The number of rotatable bonds is 3. The first-order chi connectivity index (χ1) is 13.0. The number of pyridine rings is 1. The van der Waals surface area contributed by atoms with Crippen LogP contribution in [0.25, 0.3) is 16.9 Å². The Morgan fingerprint density at radius 3 is 2.70 bits per heavy atom. The van der Waals surface area contributed by atoms with Crippen molar-refractivity contribution in [1.29, 1.82) is 0 Å². The molecule has 0 saturated heterocycles. The fourth-order valence-electron chi connectivity index (χ4n) is 2.88. The summed E-state index contributed by atoms with van der Waals surface area (Å²) in [5, 5.41) is 3.21. The SMILES string of the molecule is Cc1nc2cccnc2n1-c1cc(C(=O)Nc2ccc(F)cc2)ccc1Cl. The number of halogens is 2. The van der Waals surface area contributed by atoms with Crippen LogP contribution in [0.1, 0.15) is 16.2 Å². The summed E-state index contributed by atoms with van der Waals surface area (Å²) >= 11 is 6.39. The number of carbonyl (C=O) groups is 1. The molecule has 0 saturated carbocycles. The molecule has 0 spiro atoms. The van der Waals surface area contributed by atoms with Gasteiger partial charge < -0.3 is 5.32 Å². The fourth-order valence-corrected chi connectivity index (χ4v) is 3.08. The van der Waals surface area contributed by atoms with Crippen molar-refractivity contribution in [3.8, 4) is 5.69 Å². The summed E-state index contributed by atoms with van der Waals surface area (Å²) in [6, 6.07) is 14.2. The third-order valence-corrected chi connectivity index (χ3v) is 4.45. The zero-order valence-corrected chi connectivity index (χ0v) is 15.0. The van der Waals surface area contributed by atoms with Gasteiger partial charge in [-0.1, -0.05) is 11.6 Å². The lowest BCUT2D eigenvalue weighted by atomic mass is 10.1. The summed E-state index contributed by atoms with van der Waals surface area (Å²) in [6.45, 7) is 1.85. The molecule has 0 aliphatic carbocycles. The van der Waals surface area contributed by atoms with Crippen LogP contribution in [0.15, 0.2) is 60.8 Å². The van der Waals surface area contributed by atoms with E-state index in [1.165, 1.54) is 24.3 Å². The minimum absolute atomic E-state index is 0.324. The van der Waals surface area contributed by atoms with E-state index in [1.54, 1.807) is 24.4 Å². The molecule has 0 fully saturated rings. The maximum absolute atomic E-state index is 13.0. The Morgan fingerprint density at radius 1 is 1.15 bits per heavy atom. The molecule has 4 aromatic rings. The highest BCUT2D eigenvalue weighted by Gasteiger charge is 2.15. The summed E-state index contributed by atoms with van der Waals surface area (Å²) in [7, 11) is 0. The molecule has 0 unspecified atom stereocenters. The molecule has 0 bridgehead atoms. The first-order valence-electron chi connectivity index (χ1n) is 8.20. The van der Waals surface area contributed by atoms with Gasteiger partial charge in [-0.15, -0.1) is 0 Å². The lowest BCUT2D eigenvalue weighted by Gasteiger charge is -2.11. The number of carbonyl (C=O) groups excluding carboxylic acids is 1. The number of amides is 1. The van der Waals surface area contributed by atoms with E-state index in [0.29, 0.717) is 33.4 Å². The number of benzene rings is 2. The van der Waals surface area contributed by atoms with E-state index in [4.69, 9.17) is 11.6 Å². The van der Waals surface area contributed by atoms with Gasteiger partial charge in [-0.05, 0) is 61.5 Å². The Balaban J connectivity index is 1.74. The zero-order valence-electron chi connectivity index (χ0n) is 14.3. The topological polar surface area (TPSA) is 59.8 Å². The van der Waals surface area contributed by atoms with Gasteiger partial charge in [0.15, 0.2) is 5.65 Å². The van der Waals surface area contributed by atoms with Crippen molar-refractivity contribution in [2.24, 2.45) is 0 Å². The molecule has 2 aromatic carbocycles. The van der Waals surface area contributed by atoms with Crippen molar-refractivity contribution in [2.75, 3.05) is 5.32 Å². The molecule has 4 rings (SSSR count). The third kappa shape index (κ3) is 3.27. The second-order valence-corrected chi connectivity index (χ2v) is 6.37. The van der Waals surface area contributed by atoms with E-state index in [2.05, 4.69) is 15.3 Å². The highest BCUT2D eigenvalue weighted by molar-refractivity contribution is 6.32. The second-order valence-electron chi connectivity index (χ2n) is 5.97. The van der Waals surface area contributed by atoms with E-state index in [1.807, 2.05) is 23.6 Å². The summed E-state index contributed by atoms with van der Waals surface area (Å²) < 4.78 is 14.8. The van der Waals surface area contributed by atoms with E-state index in [0.717, 1.165) is 5.52 Å². The number of aryl methyl sites for hydroxylation is 1. The van der Waals surface area contributed by atoms with Crippen molar-refractivity contribution in [2.45, 2.75) is 6.92 Å². The number of nitrogens with zero attached hydrogens (tertiary/aromatic N) is 3. The standard InChI is InChI=1S/C20H14ClFN4O/c1-12-24-17-3-2-10-23-19(17)26(12)18-11-13(4-9-16(18)21)20(27)25-15-7-5-14(22)6-8-15/h2-11H,1H3,(H,25,27). The van der Waals surface area contributed by atoms with Gasteiger partial charge in [0.1, 0.15) is 17.2 Å². The van der Waals surface area contributed by atoms with Crippen LogP contribution in [0, 0.1) is 12.7 Å². The van der Waals surface area contributed by atoms with Crippen LogP contribution in [-0.4, -0.2) is 20.4 Å². The minimum atomic E-state index is -0.364. The van der Waals surface area contributed by atoms with Gasteiger partial charge in [-0.3, -0.25) is 9.36 Å². The number of nitrogens with one attached hydrogen (secondary N) is 1. The molecule has 134 valence electrons. The Labute approximate surface area is 159 Å². The van der Waals surface area contributed by atoms with Crippen LogP contribution < -0.4 is 5.32 Å². The van der Waals surface area contributed by atoms with Crippen molar-refractivity contribution in [3.05, 3.63) is 83.0 Å². The van der Waals surface area contributed by atoms with Gasteiger partial charge in [0.25, 0.3) is 5.91 Å². The maximum Gasteiger partial charge on any atom is 0.255 e. The Kier molecular flexibility index (Phi) is 4.33. The fraction of sp³-hybridized carbons (Fsp3) is 0.0500. The van der Waals surface area contributed by atoms with Gasteiger partial charge in [0.2, 0.25) is 0 Å². The predicted octanol–water partition coefficient (Wildman–Crippen LogP) is 4.77. The molecule has 5 nitrogen and oxygen atoms in total. The molecule has 0 atom stereocenters.